The summed E-state index contributed by atoms with van der Waals surface area (Å²) in [5.41, 5.74) is 17.0. The molecule has 1 spiro atoms. The standard InChI is InChI=1S/C46H29N3/c1-2-11-30(12-3-1)31-20-22-32(23-21-31)43-28-44(34-13-10-26-47-29-34)49-45(48-43)33-24-25-38-37-16-6-9-19-41(37)46(42(38)27-33)39-17-7-4-14-35(39)36-15-5-8-18-40(36)46/h1-29H. The van der Waals surface area contributed by atoms with E-state index in [9.17, 15) is 0 Å². The number of hydrogen-bond donors (Lipinski definition) is 0. The molecule has 2 aliphatic carbocycles. The van der Waals surface area contributed by atoms with Crippen LogP contribution in [0.25, 0.3) is 67.3 Å². The van der Waals surface area contributed by atoms with Crippen LogP contribution in [0, 0.1) is 0 Å². The van der Waals surface area contributed by atoms with Gasteiger partial charge in [-0.3, -0.25) is 4.98 Å². The second kappa shape index (κ2) is 10.8. The number of nitrogens with zero attached hydrogens (tertiary/aromatic N) is 3. The smallest absolute Gasteiger partial charge is 0.160 e. The van der Waals surface area contributed by atoms with E-state index in [1.165, 1.54) is 55.6 Å². The van der Waals surface area contributed by atoms with Crippen molar-refractivity contribution in [2.75, 3.05) is 0 Å². The Balaban J connectivity index is 1.18. The summed E-state index contributed by atoms with van der Waals surface area (Å²) in [6.07, 6.45) is 3.67. The monoisotopic (exact) mass is 623 g/mol. The van der Waals surface area contributed by atoms with Crippen molar-refractivity contribution in [1.29, 1.82) is 0 Å². The SMILES string of the molecule is c1ccc(-c2ccc(-c3cc(-c4cccnc4)nc(-c4ccc5c(c4)C4(c6ccccc6-c6ccccc64)c4ccccc4-5)n3)cc2)cc1. The molecule has 0 unspecified atom stereocenters. The first kappa shape index (κ1) is 27.6. The van der Waals surface area contributed by atoms with Crippen molar-refractivity contribution in [1.82, 2.24) is 15.0 Å². The summed E-state index contributed by atoms with van der Waals surface area (Å²) in [6.45, 7) is 0. The quantitative estimate of drug-likeness (QED) is 0.196. The molecular weight excluding hydrogens is 595 g/mol. The van der Waals surface area contributed by atoms with Crippen LogP contribution in [-0.2, 0) is 5.41 Å². The highest BCUT2D eigenvalue weighted by Gasteiger charge is 2.51. The van der Waals surface area contributed by atoms with Gasteiger partial charge in [0.25, 0.3) is 0 Å². The second-order valence-corrected chi connectivity index (χ2v) is 12.8. The molecule has 0 amide bonds. The molecule has 8 aromatic rings. The Bertz CT molecular complexity index is 2470. The van der Waals surface area contributed by atoms with Crippen molar-refractivity contribution in [3.63, 3.8) is 0 Å². The Morgan fingerprint density at radius 1 is 0.347 bits per heavy atom. The van der Waals surface area contributed by atoms with Crippen LogP contribution in [0.1, 0.15) is 22.3 Å². The molecule has 6 aromatic carbocycles. The maximum absolute atomic E-state index is 5.25. The van der Waals surface area contributed by atoms with E-state index in [0.717, 1.165) is 28.1 Å². The van der Waals surface area contributed by atoms with E-state index in [0.29, 0.717) is 5.82 Å². The van der Waals surface area contributed by atoms with Gasteiger partial charge in [-0.2, -0.15) is 0 Å². The minimum absolute atomic E-state index is 0.424. The Kier molecular flexibility index (Phi) is 6.09. The van der Waals surface area contributed by atoms with Gasteiger partial charge in [0.15, 0.2) is 5.82 Å². The van der Waals surface area contributed by atoms with Crippen molar-refractivity contribution in [2.24, 2.45) is 0 Å². The van der Waals surface area contributed by atoms with E-state index in [4.69, 9.17) is 9.97 Å². The largest absolute Gasteiger partial charge is 0.264 e. The molecule has 0 N–H and O–H groups in total. The first-order valence-corrected chi connectivity index (χ1v) is 16.7. The van der Waals surface area contributed by atoms with Crippen LogP contribution in [0.3, 0.4) is 0 Å². The van der Waals surface area contributed by atoms with Crippen molar-refractivity contribution in [2.45, 2.75) is 5.41 Å². The molecule has 0 saturated heterocycles. The van der Waals surface area contributed by atoms with Crippen molar-refractivity contribution < 1.29 is 0 Å². The molecule has 3 nitrogen and oxygen atoms in total. The van der Waals surface area contributed by atoms with Crippen LogP contribution in [0.4, 0.5) is 0 Å². The highest BCUT2D eigenvalue weighted by Crippen LogP contribution is 2.62. The molecule has 49 heavy (non-hydrogen) atoms. The normalized spacial score (nSPS) is 13.1. The summed E-state index contributed by atoms with van der Waals surface area (Å²) >= 11 is 0. The van der Waals surface area contributed by atoms with Gasteiger partial charge in [0, 0.05) is 29.1 Å². The zero-order valence-electron chi connectivity index (χ0n) is 26.6. The summed E-state index contributed by atoms with van der Waals surface area (Å²) in [5, 5.41) is 0. The first-order valence-electron chi connectivity index (χ1n) is 16.7. The summed E-state index contributed by atoms with van der Waals surface area (Å²) in [5.74, 6) is 0.692. The number of hydrogen-bond acceptors (Lipinski definition) is 3. The molecule has 228 valence electrons. The Morgan fingerprint density at radius 2 is 0.837 bits per heavy atom. The lowest BCUT2D eigenvalue weighted by Crippen LogP contribution is -2.25. The third kappa shape index (κ3) is 4.12. The van der Waals surface area contributed by atoms with Gasteiger partial charge in [0.1, 0.15) is 0 Å². The van der Waals surface area contributed by atoms with E-state index in [1.54, 1.807) is 6.20 Å². The molecule has 0 fully saturated rings. The average molecular weight is 624 g/mol. The topological polar surface area (TPSA) is 38.7 Å². The van der Waals surface area contributed by atoms with E-state index >= 15 is 0 Å². The fourth-order valence-corrected chi connectivity index (χ4v) is 8.08. The minimum Gasteiger partial charge on any atom is -0.264 e. The van der Waals surface area contributed by atoms with E-state index in [2.05, 4.69) is 157 Å². The van der Waals surface area contributed by atoms with Gasteiger partial charge in [0.05, 0.1) is 16.8 Å². The summed E-state index contributed by atoms with van der Waals surface area (Å²) < 4.78 is 0. The molecule has 2 heterocycles. The van der Waals surface area contributed by atoms with Crippen molar-refractivity contribution in [3.05, 3.63) is 198 Å². The Hall–Kier alpha value is -6.45. The average Bonchev–Trinajstić information content (AvgIpc) is 3.66. The van der Waals surface area contributed by atoms with Crippen molar-refractivity contribution >= 4 is 0 Å². The molecule has 0 atom stereocenters. The third-order valence-corrected chi connectivity index (χ3v) is 10.2. The predicted molar refractivity (Wildman–Crippen MR) is 198 cm³/mol. The minimum atomic E-state index is -0.424. The maximum Gasteiger partial charge on any atom is 0.160 e. The lowest BCUT2D eigenvalue weighted by molar-refractivity contribution is 0.794. The fraction of sp³-hybridized carbons (Fsp3) is 0.0217. The molecule has 0 bridgehead atoms. The number of pyridine rings is 1. The van der Waals surface area contributed by atoms with E-state index in [-0.39, 0.29) is 0 Å². The second-order valence-electron chi connectivity index (χ2n) is 12.8. The summed E-state index contributed by atoms with van der Waals surface area (Å²) in [7, 11) is 0. The van der Waals surface area contributed by atoms with Gasteiger partial charge >= 0.3 is 0 Å². The van der Waals surface area contributed by atoms with Crippen LogP contribution in [0.2, 0.25) is 0 Å². The molecule has 0 aliphatic heterocycles. The maximum atomic E-state index is 5.25. The number of fused-ring (bicyclic) bond motifs is 10. The van der Waals surface area contributed by atoms with Gasteiger partial charge in [-0.25, -0.2) is 9.97 Å². The third-order valence-electron chi connectivity index (χ3n) is 10.2. The van der Waals surface area contributed by atoms with E-state index < -0.39 is 5.41 Å². The highest BCUT2D eigenvalue weighted by atomic mass is 14.9. The van der Waals surface area contributed by atoms with Gasteiger partial charge in [-0.1, -0.05) is 140 Å². The molecule has 3 heteroatoms. The van der Waals surface area contributed by atoms with Crippen LogP contribution < -0.4 is 0 Å². The zero-order valence-corrected chi connectivity index (χ0v) is 26.6. The molecule has 10 rings (SSSR count). The number of aromatic nitrogens is 3. The highest BCUT2D eigenvalue weighted by molar-refractivity contribution is 5.95. The first-order chi connectivity index (χ1) is 24.3. The summed E-state index contributed by atoms with van der Waals surface area (Å²) in [4.78, 5) is 14.9. The number of benzene rings is 6. The Morgan fingerprint density at radius 3 is 1.45 bits per heavy atom. The molecular formula is C46H29N3. The van der Waals surface area contributed by atoms with Gasteiger partial charge in [0.2, 0.25) is 0 Å². The lowest BCUT2D eigenvalue weighted by atomic mass is 9.70. The van der Waals surface area contributed by atoms with E-state index in [1.807, 2.05) is 18.3 Å². The molecule has 0 radical (unpaired) electrons. The van der Waals surface area contributed by atoms with Crippen LogP contribution >= 0.6 is 0 Å². The van der Waals surface area contributed by atoms with Gasteiger partial charge < -0.3 is 0 Å². The van der Waals surface area contributed by atoms with Crippen LogP contribution in [-0.4, -0.2) is 15.0 Å². The predicted octanol–water partition coefficient (Wildman–Crippen LogP) is 10.9. The number of rotatable bonds is 4. The lowest BCUT2D eigenvalue weighted by Gasteiger charge is -2.30. The van der Waals surface area contributed by atoms with Gasteiger partial charge in [-0.15, -0.1) is 0 Å². The summed E-state index contributed by atoms with van der Waals surface area (Å²) in [6, 6.07) is 58.7. The van der Waals surface area contributed by atoms with Gasteiger partial charge in [-0.05, 0) is 79.9 Å². The molecule has 2 aliphatic rings. The van der Waals surface area contributed by atoms with Crippen molar-refractivity contribution in [3.8, 4) is 67.3 Å². The molecule has 2 aromatic heterocycles. The van der Waals surface area contributed by atoms with Crippen LogP contribution in [0.15, 0.2) is 176 Å². The molecule has 0 saturated carbocycles. The zero-order chi connectivity index (χ0) is 32.4. The Labute approximate surface area is 285 Å². The fourth-order valence-electron chi connectivity index (χ4n) is 8.08. The van der Waals surface area contributed by atoms with Crippen LogP contribution in [0.5, 0.6) is 0 Å².